The largest absolute Gasteiger partial charge is 0.454 e. The molecule has 1 atom stereocenters. The Morgan fingerprint density at radius 2 is 1.69 bits per heavy atom. The molecule has 2 aromatic carbocycles. The number of rotatable bonds is 4. The molecule has 0 spiro atoms. The van der Waals surface area contributed by atoms with Crippen molar-refractivity contribution in [3.8, 4) is 11.5 Å². The second-order valence-electron chi connectivity index (χ2n) is 7.67. The van der Waals surface area contributed by atoms with E-state index in [1.807, 2.05) is 12.1 Å². The molecule has 0 bridgehead atoms. The molecule has 2 amide bonds. The van der Waals surface area contributed by atoms with Crippen LogP contribution in [-0.4, -0.2) is 38.2 Å². The lowest BCUT2D eigenvalue weighted by Crippen LogP contribution is -2.28. The molecule has 0 aliphatic carbocycles. The van der Waals surface area contributed by atoms with Crippen LogP contribution in [0, 0.1) is 5.92 Å². The molecule has 0 aromatic heterocycles. The van der Waals surface area contributed by atoms with Gasteiger partial charge in [0, 0.05) is 49.2 Å². The number of amides is 2. The number of nitrogens with zero attached hydrogens (tertiary/aromatic N) is 2. The smallest absolute Gasteiger partial charge is 0.231 e. The molecule has 3 aliphatic rings. The molecule has 3 aliphatic heterocycles. The molecular formula is C22H23N3O4. The van der Waals surface area contributed by atoms with E-state index >= 15 is 0 Å². The molecule has 2 saturated heterocycles. The number of carbonyl (C=O) groups excluding carboxylic acids is 2. The summed E-state index contributed by atoms with van der Waals surface area (Å²) in [7, 11) is 0. The first-order valence-corrected chi connectivity index (χ1v) is 10.0. The topological polar surface area (TPSA) is 71.1 Å². The summed E-state index contributed by atoms with van der Waals surface area (Å²) >= 11 is 0. The minimum absolute atomic E-state index is 0.0234. The van der Waals surface area contributed by atoms with Gasteiger partial charge in [0.05, 0.1) is 5.92 Å². The summed E-state index contributed by atoms with van der Waals surface area (Å²) in [6.45, 7) is 2.75. The summed E-state index contributed by atoms with van der Waals surface area (Å²) in [5.74, 6) is 0.719. The Morgan fingerprint density at radius 3 is 2.48 bits per heavy atom. The lowest BCUT2D eigenvalue weighted by atomic mass is 10.1. The fraction of sp³-hybridized carbons (Fsp3) is 0.364. The summed E-state index contributed by atoms with van der Waals surface area (Å²) < 4.78 is 10.6. The molecule has 150 valence electrons. The van der Waals surface area contributed by atoms with Gasteiger partial charge in [-0.2, -0.15) is 0 Å². The highest BCUT2D eigenvalue weighted by atomic mass is 16.7. The third kappa shape index (κ3) is 3.48. The average molecular weight is 393 g/mol. The van der Waals surface area contributed by atoms with E-state index in [1.54, 1.807) is 23.1 Å². The van der Waals surface area contributed by atoms with E-state index in [0.717, 1.165) is 18.8 Å². The zero-order valence-electron chi connectivity index (χ0n) is 16.1. The summed E-state index contributed by atoms with van der Waals surface area (Å²) in [5, 5.41) is 2.89. The number of ether oxygens (including phenoxy) is 2. The Labute approximate surface area is 169 Å². The van der Waals surface area contributed by atoms with Crippen molar-refractivity contribution in [3.63, 3.8) is 0 Å². The second-order valence-corrected chi connectivity index (χ2v) is 7.67. The fourth-order valence-electron chi connectivity index (χ4n) is 4.17. The maximum absolute atomic E-state index is 12.7. The fourth-order valence-corrected chi connectivity index (χ4v) is 4.17. The molecule has 3 heterocycles. The Kier molecular flexibility index (Phi) is 4.50. The van der Waals surface area contributed by atoms with Crippen molar-refractivity contribution < 1.29 is 19.1 Å². The lowest BCUT2D eigenvalue weighted by molar-refractivity contribution is -0.122. The van der Waals surface area contributed by atoms with E-state index in [2.05, 4.69) is 22.3 Å². The number of hydrogen-bond acceptors (Lipinski definition) is 5. The van der Waals surface area contributed by atoms with Crippen LogP contribution in [0.15, 0.2) is 42.5 Å². The number of carbonyl (C=O) groups is 2. The monoisotopic (exact) mass is 393 g/mol. The van der Waals surface area contributed by atoms with Gasteiger partial charge in [-0.3, -0.25) is 9.59 Å². The number of hydrogen-bond donors (Lipinski definition) is 1. The highest BCUT2D eigenvalue weighted by Gasteiger charge is 2.35. The third-order valence-corrected chi connectivity index (χ3v) is 5.77. The Bertz CT molecular complexity index is 938. The van der Waals surface area contributed by atoms with Crippen LogP contribution in [-0.2, 0) is 9.59 Å². The molecule has 0 radical (unpaired) electrons. The van der Waals surface area contributed by atoms with E-state index < -0.39 is 0 Å². The average Bonchev–Trinajstić information content (AvgIpc) is 3.48. The van der Waals surface area contributed by atoms with Crippen molar-refractivity contribution in [3.05, 3.63) is 42.5 Å². The van der Waals surface area contributed by atoms with Crippen LogP contribution >= 0.6 is 0 Å². The molecule has 29 heavy (non-hydrogen) atoms. The van der Waals surface area contributed by atoms with Gasteiger partial charge in [-0.1, -0.05) is 0 Å². The number of benzene rings is 2. The number of nitrogens with one attached hydrogen (secondary N) is 1. The van der Waals surface area contributed by atoms with Gasteiger partial charge in [0.15, 0.2) is 11.5 Å². The normalized spacial score (nSPS) is 20.4. The van der Waals surface area contributed by atoms with Gasteiger partial charge < -0.3 is 24.6 Å². The van der Waals surface area contributed by atoms with Crippen LogP contribution in [0.5, 0.6) is 11.5 Å². The first kappa shape index (κ1) is 17.8. The van der Waals surface area contributed by atoms with Crippen LogP contribution < -0.4 is 24.6 Å². The van der Waals surface area contributed by atoms with Gasteiger partial charge in [-0.05, 0) is 49.2 Å². The van der Waals surface area contributed by atoms with Gasteiger partial charge in [-0.25, -0.2) is 0 Å². The van der Waals surface area contributed by atoms with Crippen LogP contribution in [0.2, 0.25) is 0 Å². The van der Waals surface area contributed by atoms with Crippen molar-refractivity contribution in [2.24, 2.45) is 5.92 Å². The summed E-state index contributed by atoms with van der Waals surface area (Å²) in [6, 6.07) is 13.4. The van der Waals surface area contributed by atoms with Crippen molar-refractivity contribution in [1.29, 1.82) is 0 Å². The van der Waals surface area contributed by atoms with E-state index in [1.165, 1.54) is 18.5 Å². The molecule has 7 nitrogen and oxygen atoms in total. The summed E-state index contributed by atoms with van der Waals surface area (Å²) in [5.41, 5.74) is 2.67. The molecule has 7 heteroatoms. The zero-order chi connectivity index (χ0) is 19.8. The molecule has 0 saturated carbocycles. The summed E-state index contributed by atoms with van der Waals surface area (Å²) in [6.07, 6.45) is 2.67. The second kappa shape index (κ2) is 7.31. The highest BCUT2D eigenvalue weighted by molar-refractivity contribution is 6.03. The standard InChI is InChI=1S/C22H23N3O4/c26-21-11-15(22(27)23-16-3-8-19-20(12-16)29-14-28-19)13-25(21)18-6-4-17(5-7-18)24-9-1-2-10-24/h3-8,12,15H,1-2,9-11,13-14H2,(H,23,27). The van der Waals surface area contributed by atoms with Crippen LogP contribution in [0.1, 0.15) is 19.3 Å². The van der Waals surface area contributed by atoms with Crippen LogP contribution in [0.25, 0.3) is 0 Å². The Hall–Kier alpha value is -3.22. The van der Waals surface area contributed by atoms with E-state index in [0.29, 0.717) is 23.7 Å². The third-order valence-electron chi connectivity index (χ3n) is 5.77. The molecule has 5 rings (SSSR count). The predicted molar refractivity (Wildman–Crippen MR) is 110 cm³/mol. The van der Waals surface area contributed by atoms with Gasteiger partial charge in [0.25, 0.3) is 0 Å². The van der Waals surface area contributed by atoms with Crippen LogP contribution in [0.3, 0.4) is 0 Å². The molecule has 1 unspecified atom stereocenters. The lowest BCUT2D eigenvalue weighted by Gasteiger charge is -2.20. The minimum Gasteiger partial charge on any atom is -0.454 e. The quantitative estimate of drug-likeness (QED) is 0.865. The number of fused-ring (bicyclic) bond motifs is 1. The van der Waals surface area contributed by atoms with Gasteiger partial charge in [-0.15, -0.1) is 0 Å². The molecule has 2 fully saturated rings. The van der Waals surface area contributed by atoms with Crippen molar-refractivity contribution >= 4 is 28.9 Å². The van der Waals surface area contributed by atoms with Gasteiger partial charge in [0.1, 0.15) is 0 Å². The van der Waals surface area contributed by atoms with Gasteiger partial charge in [0.2, 0.25) is 18.6 Å². The van der Waals surface area contributed by atoms with E-state index in [4.69, 9.17) is 9.47 Å². The van der Waals surface area contributed by atoms with Crippen molar-refractivity contribution in [1.82, 2.24) is 0 Å². The van der Waals surface area contributed by atoms with Gasteiger partial charge >= 0.3 is 0 Å². The first-order chi connectivity index (χ1) is 14.2. The SMILES string of the molecule is O=C(Nc1ccc2c(c1)OCO2)C1CC(=O)N(c2ccc(N3CCCC3)cc2)C1. The highest BCUT2D eigenvalue weighted by Crippen LogP contribution is 2.35. The van der Waals surface area contributed by atoms with E-state index in [9.17, 15) is 9.59 Å². The predicted octanol–water partition coefficient (Wildman–Crippen LogP) is 3.01. The molecule has 2 aromatic rings. The first-order valence-electron chi connectivity index (χ1n) is 10.0. The maximum Gasteiger partial charge on any atom is 0.231 e. The van der Waals surface area contributed by atoms with Crippen LogP contribution in [0.4, 0.5) is 17.1 Å². The molecule has 1 N–H and O–H groups in total. The zero-order valence-corrected chi connectivity index (χ0v) is 16.1. The van der Waals surface area contributed by atoms with Crippen molar-refractivity contribution in [2.45, 2.75) is 19.3 Å². The minimum atomic E-state index is -0.383. The Balaban J connectivity index is 1.24. The Morgan fingerprint density at radius 1 is 0.966 bits per heavy atom. The van der Waals surface area contributed by atoms with Crippen molar-refractivity contribution in [2.75, 3.05) is 41.5 Å². The maximum atomic E-state index is 12.7. The number of anilines is 3. The summed E-state index contributed by atoms with van der Waals surface area (Å²) in [4.78, 5) is 29.3. The van der Waals surface area contributed by atoms with E-state index in [-0.39, 0.29) is 30.9 Å². The molecular weight excluding hydrogens is 370 g/mol.